The van der Waals surface area contributed by atoms with Crippen molar-refractivity contribution in [2.24, 2.45) is 5.73 Å². The van der Waals surface area contributed by atoms with Gasteiger partial charge in [-0.3, -0.25) is 0 Å². The van der Waals surface area contributed by atoms with E-state index in [9.17, 15) is 0 Å². The van der Waals surface area contributed by atoms with E-state index in [1.807, 2.05) is 30.3 Å². The summed E-state index contributed by atoms with van der Waals surface area (Å²) in [5, 5.41) is 8.15. The molecular weight excluding hydrogens is 288 g/mol. The van der Waals surface area contributed by atoms with Gasteiger partial charge in [-0.1, -0.05) is 36.3 Å². The summed E-state index contributed by atoms with van der Waals surface area (Å²) < 4.78 is 10.6. The molecule has 0 aromatic heterocycles. The van der Waals surface area contributed by atoms with E-state index in [1.54, 1.807) is 32.4 Å². The smallest absolute Gasteiger partial charge is 0.138 e. The molecule has 0 radical (unpaired) electrons. The fourth-order valence-corrected chi connectivity index (χ4v) is 2.17. The van der Waals surface area contributed by atoms with Crippen LogP contribution in [0.5, 0.6) is 11.5 Å². The number of nitrogens with one attached hydrogen (secondary N) is 1. The molecule has 0 spiro atoms. The number of hydrogen-bond donors (Lipinski definition) is 2. The average molecular weight is 306 g/mol. The molecule has 0 heterocycles. The van der Waals surface area contributed by atoms with Crippen molar-refractivity contribution in [1.29, 1.82) is 5.41 Å². The molecule has 2 aromatic carbocycles. The third kappa shape index (κ3) is 3.53. The lowest BCUT2D eigenvalue weighted by molar-refractivity contribution is 0.393. The predicted octanol–water partition coefficient (Wildman–Crippen LogP) is 3.05. The van der Waals surface area contributed by atoms with Crippen LogP contribution in [0.25, 0.3) is 5.70 Å². The summed E-state index contributed by atoms with van der Waals surface area (Å²) in [4.78, 5) is 0. The molecule has 0 fully saturated rings. The zero-order valence-electron chi connectivity index (χ0n) is 13.1. The van der Waals surface area contributed by atoms with Gasteiger partial charge in [0.1, 0.15) is 11.5 Å². The highest BCUT2D eigenvalue weighted by Gasteiger charge is 2.12. The van der Waals surface area contributed by atoms with Crippen LogP contribution in [0, 0.1) is 17.8 Å². The van der Waals surface area contributed by atoms with E-state index in [2.05, 4.69) is 5.92 Å². The first-order chi connectivity index (χ1) is 11.1. The van der Waals surface area contributed by atoms with E-state index in [0.717, 1.165) is 5.56 Å². The van der Waals surface area contributed by atoms with E-state index in [4.69, 9.17) is 27.0 Å². The van der Waals surface area contributed by atoms with Gasteiger partial charge >= 0.3 is 0 Å². The highest BCUT2D eigenvalue weighted by Crippen LogP contribution is 2.31. The molecule has 0 atom stereocenters. The first-order valence-corrected chi connectivity index (χ1v) is 6.94. The van der Waals surface area contributed by atoms with Crippen LogP contribution < -0.4 is 15.2 Å². The Labute approximate surface area is 136 Å². The molecule has 2 rings (SSSR count). The van der Waals surface area contributed by atoms with Crippen molar-refractivity contribution in [2.45, 2.75) is 0 Å². The van der Waals surface area contributed by atoms with Gasteiger partial charge in [0, 0.05) is 17.3 Å². The van der Waals surface area contributed by atoms with Crippen LogP contribution in [-0.2, 0) is 0 Å². The predicted molar refractivity (Wildman–Crippen MR) is 92.9 cm³/mol. The molecule has 4 nitrogen and oxygen atoms in total. The Balaban J connectivity index is 2.46. The number of benzene rings is 2. The lowest BCUT2D eigenvalue weighted by Gasteiger charge is -2.13. The number of hydrogen-bond acceptors (Lipinski definition) is 4. The number of terminal acetylenes is 1. The van der Waals surface area contributed by atoms with Crippen LogP contribution in [0.15, 0.2) is 48.5 Å². The first-order valence-electron chi connectivity index (χ1n) is 6.94. The summed E-state index contributed by atoms with van der Waals surface area (Å²) in [7, 11) is 3.09. The molecule has 0 saturated carbocycles. The number of ether oxygens (including phenoxy) is 2. The maximum Gasteiger partial charge on any atom is 0.138 e. The van der Waals surface area contributed by atoms with Gasteiger partial charge in [0.25, 0.3) is 0 Å². The number of allylic oxidation sites excluding steroid dienone is 1. The molecule has 0 saturated heterocycles. The normalized spacial score (nSPS) is 10.7. The molecular formula is C19H18N2O2. The van der Waals surface area contributed by atoms with Gasteiger partial charge in [0.05, 0.1) is 25.5 Å². The summed E-state index contributed by atoms with van der Waals surface area (Å²) >= 11 is 0. The van der Waals surface area contributed by atoms with Gasteiger partial charge in [0.15, 0.2) is 0 Å². The van der Waals surface area contributed by atoms with Gasteiger partial charge in [-0.15, -0.1) is 6.42 Å². The Morgan fingerprint density at radius 1 is 1.13 bits per heavy atom. The molecule has 3 N–H and O–H groups in total. The zero-order valence-corrected chi connectivity index (χ0v) is 13.1. The summed E-state index contributed by atoms with van der Waals surface area (Å²) in [6, 6.07) is 12.8. The molecule has 0 amide bonds. The highest BCUT2D eigenvalue weighted by molar-refractivity contribution is 6.10. The van der Waals surface area contributed by atoms with Crippen LogP contribution in [0.3, 0.4) is 0 Å². The standard InChI is InChI=1S/C19H18N2O2/c1-4-13-10-15(19(23-3)12-18(13)22-2)17(21)11-16(20)14-8-6-5-7-9-14/h1,5-12,20H,21H2,2-3H3/b17-11-,20-16?. The highest BCUT2D eigenvalue weighted by atomic mass is 16.5. The summed E-state index contributed by atoms with van der Waals surface area (Å²) in [5.41, 5.74) is 8.84. The van der Waals surface area contributed by atoms with Crippen molar-refractivity contribution in [3.05, 3.63) is 65.2 Å². The van der Waals surface area contributed by atoms with Crippen molar-refractivity contribution >= 4 is 11.4 Å². The maximum atomic E-state index is 8.15. The van der Waals surface area contributed by atoms with Gasteiger partial charge in [-0.2, -0.15) is 0 Å². The third-order valence-corrected chi connectivity index (χ3v) is 3.37. The van der Waals surface area contributed by atoms with Gasteiger partial charge in [-0.25, -0.2) is 0 Å². The molecule has 0 aliphatic carbocycles. The second-order valence-corrected chi connectivity index (χ2v) is 4.78. The second kappa shape index (κ2) is 7.19. The monoisotopic (exact) mass is 306 g/mol. The number of nitrogens with two attached hydrogens (primary N) is 1. The number of rotatable bonds is 5. The lowest BCUT2D eigenvalue weighted by atomic mass is 10.0. The summed E-state index contributed by atoms with van der Waals surface area (Å²) in [6.45, 7) is 0. The van der Waals surface area contributed by atoms with E-state index >= 15 is 0 Å². The molecule has 23 heavy (non-hydrogen) atoms. The van der Waals surface area contributed by atoms with Crippen LogP contribution in [0.4, 0.5) is 0 Å². The molecule has 0 unspecified atom stereocenters. The molecule has 4 heteroatoms. The van der Waals surface area contributed by atoms with Gasteiger partial charge in [0.2, 0.25) is 0 Å². The summed E-state index contributed by atoms with van der Waals surface area (Å²) in [5.74, 6) is 3.64. The average Bonchev–Trinajstić information content (AvgIpc) is 2.60. The van der Waals surface area contributed by atoms with Gasteiger partial charge < -0.3 is 20.6 Å². The minimum atomic E-state index is 0.309. The van der Waals surface area contributed by atoms with Crippen LogP contribution in [0.1, 0.15) is 16.7 Å². The Bertz CT molecular complexity index is 787. The summed E-state index contributed by atoms with van der Waals surface area (Å²) in [6.07, 6.45) is 7.09. The molecule has 0 aliphatic heterocycles. The Morgan fingerprint density at radius 2 is 1.78 bits per heavy atom. The van der Waals surface area contributed by atoms with Crippen molar-refractivity contribution < 1.29 is 9.47 Å². The third-order valence-electron chi connectivity index (χ3n) is 3.37. The molecule has 0 aliphatic rings. The number of methoxy groups -OCH3 is 2. The largest absolute Gasteiger partial charge is 0.496 e. The van der Waals surface area contributed by atoms with E-state index in [1.165, 1.54) is 0 Å². The van der Waals surface area contributed by atoms with Crippen LogP contribution in [-0.4, -0.2) is 19.9 Å². The maximum absolute atomic E-state index is 8.15. The van der Waals surface area contributed by atoms with Crippen LogP contribution in [0.2, 0.25) is 0 Å². The topological polar surface area (TPSA) is 68.3 Å². The van der Waals surface area contributed by atoms with Crippen molar-refractivity contribution in [3.8, 4) is 23.8 Å². The zero-order chi connectivity index (χ0) is 16.8. The quantitative estimate of drug-likeness (QED) is 0.659. The van der Waals surface area contributed by atoms with E-state index < -0.39 is 0 Å². The van der Waals surface area contributed by atoms with E-state index in [0.29, 0.717) is 34.0 Å². The minimum Gasteiger partial charge on any atom is -0.496 e. The minimum absolute atomic E-state index is 0.309. The SMILES string of the molecule is C#Cc1cc(/C(N)=C/C(=N)c2ccccc2)c(OC)cc1OC. The molecule has 0 bridgehead atoms. The van der Waals surface area contributed by atoms with Crippen molar-refractivity contribution in [2.75, 3.05) is 14.2 Å². The Kier molecular flexibility index (Phi) is 5.06. The second-order valence-electron chi connectivity index (χ2n) is 4.78. The van der Waals surface area contributed by atoms with Gasteiger partial charge in [-0.05, 0) is 17.7 Å². The Hall–Kier alpha value is -3.19. The lowest BCUT2D eigenvalue weighted by Crippen LogP contribution is -2.05. The fraction of sp³-hybridized carbons (Fsp3) is 0.105. The Morgan fingerprint density at radius 3 is 2.35 bits per heavy atom. The van der Waals surface area contributed by atoms with Crippen LogP contribution >= 0.6 is 0 Å². The van der Waals surface area contributed by atoms with E-state index in [-0.39, 0.29) is 0 Å². The molecule has 2 aromatic rings. The van der Waals surface area contributed by atoms with Crippen molar-refractivity contribution in [1.82, 2.24) is 0 Å². The van der Waals surface area contributed by atoms with Crippen molar-refractivity contribution in [3.63, 3.8) is 0 Å². The molecule has 116 valence electrons. The first kappa shape index (κ1) is 16.2. The fourth-order valence-electron chi connectivity index (χ4n) is 2.17.